The lowest BCUT2D eigenvalue weighted by Crippen LogP contribution is -2.06. The number of anilines is 1. The Morgan fingerprint density at radius 3 is 2.18 bits per heavy atom. The van der Waals surface area contributed by atoms with Crippen molar-refractivity contribution in [1.29, 1.82) is 0 Å². The maximum absolute atomic E-state index is 11.5. The lowest BCUT2D eigenvalue weighted by Gasteiger charge is -2.02. The molecule has 1 aromatic heterocycles. The number of amides is 1. The smallest absolute Gasteiger partial charge is 0.249 e. The van der Waals surface area contributed by atoms with Crippen molar-refractivity contribution in [3.8, 4) is 21.7 Å². The molecule has 3 nitrogen and oxygen atoms in total. The highest BCUT2D eigenvalue weighted by atomic mass is 32.1. The van der Waals surface area contributed by atoms with E-state index in [0.29, 0.717) is 5.13 Å². The standard InChI is InChI=1S/C18H14N2OS/c1-2-15(21)19-18-20-16(13-9-5-3-6-10-13)17(22-18)14-11-7-4-8-12-14/h2-12H,1H2,(H,19,20,21). The minimum Gasteiger partial charge on any atom is -0.298 e. The maximum atomic E-state index is 11.5. The lowest BCUT2D eigenvalue weighted by molar-refractivity contribution is -0.111. The molecule has 0 atom stereocenters. The normalized spacial score (nSPS) is 10.2. The van der Waals surface area contributed by atoms with Gasteiger partial charge in [0.1, 0.15) is 0 Å². The average molecular weight is 306 g/mol. The predicted molar refractivity (Wildman–Crippen MR) is 91.8 cm³/mol. The van der Waals surface area contributed by atoms with E-state index < -0.39 is 0 Å². The summed E-state index contributed by atoms with van der Waals surface area (Å²) in [6.45, 7) is 3.47. The highest BCUT2D eigenvalue weighted by molar-refractivity contribution is 7.19. The molecule has 4 heteroatoms. The number of carbonyl (C=O) groups excluding carboxylic acids is 1. The van der Waals surface area contributed by atoms with Crippen LogP contribution in [0.3, 0.4) is 0 Å². The fourth-order valence-electron chi connectivity index (χ4n) is 2.11. The quantitative estimate of drug-likeness (QED) is 0.716. The molecule has 0 aliphatic carbocycles. The molecule has 0 radical (unpaired) electrons. The molecule has 0 saturated heterocycles. The Bertz CT molecular complexity index is 737. The molecule has 0 saturated carbocycles. The summed E-state index contributed by atoms with van der Waals surface area (Å²) in [5.41, 5.74) is 2.98. The van der Waals surface area contributed by atoms with E-state index in [9.17, 15) is 4.79 Å². The molecule has 1 amide bonds. The van der Waals surface area contributed by atoms with Crippen LogP contribution in [0, 0.1) is 0 Å². The Labute approximate surface area is 133 Å². The molecule has 2 aromatic carbocycles. The van der Waals surface area contributed by atoms with E-state index in [-0.39, 0.29) is 5.91 Å². The van der Waals surface area contributed by atoms with Crippen LogP contribution in [0.2, 0.25) is 0 Å². The van der Waals surface area contributed by atoms with E-state index in [1.807, 2.05) is 60.7 Å². The number of nitrogens with zero attached hydrogens (tertiary/aromatic N) is 1. The number of nitrogens with one attached hydrogen (secondary N) is 1. The van der Waals surface area contributed by atoms with Crippen molar-refractivity contribution in [2.24, 2.45) is 0 Å². The number of rotatable bonds is 4. The molecular formula is C18H14N2OS. The van der Waals surface area contributed by atoms with Crippen molar-refractivity contribution < 1.29 is 4.79 Å². The zero-order valence-electron chi connectivity index (χ0n) is 11.8. The average Bonchev–Trinajstić information content (AvgIpc) is 3.00. The molecule has 0 aliphatic rings. The summed E-state index contributed by atoms with van der Waals surface area (Å²) in [7, 11) is 0. The molecule has 1 heterocycles. The summed E-state index contributed by atoms with van der Waals surface area (Å²) in [5, 5.41) is 3.31. The van der Waals surface area contributed by atoms with E-state index in [1.165, 1.54) is 17.4 Å². The molecule has 0 fully saturated rings. The van der Waals surface area contributed by atoms with Crippen molar-refractivity contribution in [3.63, 3.8) is 0 Å². The van der Waals surface area contributed by atoms with Crippen LogP contribution in [0.4, 0.5) is 5.13 Å². The van der Waals surface area contributed by atoms with Gasteiger partial charge in [-0.1, -0.05) is 78.6 Å². The van der Waals surface area contributed by atoms with E-state index in [4.69, 9.17) is 0 Å². The third-order valence-electron chi connectivity index (χ3n) is 3.13. The van der Waals surface area contributed by atoms with Crippen molar-refractivity contribution in [2.45, 2.75) is 0 Å². The zero-order chi connectivity index (χ0) is 15.4. The van der Waals surface area contributed by atoms with Crippen LogP contribution in [0.1, 0.15) is 0 Å². The predicted octanol–water partition coefficient (Wildman–Crippen LogP) is 4.60. The van der Waals surface area contributed by atoms with Crippen LogP contribution in [0.25, 0.3) is 21.7 Å². The summed E-state index contributed by atoms with van der Waals surface area (Å²) in [4.78, 5) is 17.1. The molecule has 3 aromatic rings. The largest absolute Gasteiger partial charge is 0.298 e. The van der Waals surface area contributed by atoms with Crippen molar-refractivity contribution in [1.82, 2.24) is 4.98 Å². The first-order valence-electron chi connectivity index (χ1n) is 6.83. The number of carbonyl (C=O) groups is 1. The van der Waals surface area contributed by atoms with E-state index in [0.717, 1.165) is 21.7 Å². The van der Waals surface area contributed by atoms with Gasteiger partial charge in [0.2, 0.25) is 5.91 Å². The SMILES string of the molecule is C=CC(=O)Nc1nc(-c2ccccc2)c(-c2ccccc2)s1. The summed E-state index contributed by atoms with van der Waals surface area (Å²) in [6, 6.07) is 20.0. The summed E-state index contributed by atoms with van der Waals surface area (Å²) in [5.74, 6) is -0.257. The molecule has 0 aliphatic heterocycles. The fraction of sp³-hybridized carbons (Fsp3) is 0. The van der Waals surface area contributed by atoms with Crippen LogP contribution < -0.4 is 5.32 Å². The minimum absolute atomic E-state index is 0.257. The fourth-order valence-corrected chi connectivity index (χ4v) is 3.10. The lowest BCUT2D eigenvalue weighted by atomic mass is 10.1. The van der Waals surface area contributed by atoms with Gasteiger partial charge >= 0.3 is 0 Å². The second-order valence-corrected chi connectivity index (χ2v) is 5.62. The Kier molecular flexibility index (Phi) is 4.12. The van der Waals surface area contributed by atoms with Gasteiger partial charge in [0.05, 0.1) is 10.6 Å². The van der Waals surface area contributed by atoms with Gasteiger partial charge in [0.25, 0.3) is 0 Å². The van der Waals surface area contributed by atoms with E-state index in [2.05, 4.69) is 16.9 Å². The highest BCUT2D eigenvalue weighted by Crippen LogP contribution is 2.38. The number of hydrogen-bond donors (Lipinski definition) is 1. The van der Waals surface area contributed by atoms with Crippen LogP contribution in [-0.2, 0) is 4.79 Å². The first kappa shape index (κ1) is 14.2. The van der Waals surface area contributed by atoms with Crippen molar-refractivity contribution >= 4 is 22.4 Å². The summed E-state index contributed by atoms with van der Waals surface area (Å²) in [6.07, 6.45) is 1.24. The van der Waals surface area contributed by atoms with Crippen LogP contribution in [0.5, 0.6) is 0 Å². The van der Waals surface area contributed by atoms with Crippen molar-refractivity contribution in [3.05, 3.63) is 73.3 Å². The van der Waals surface area contributed by atoms with Crippen LogP contribution in [0.15, 0.2) is 73.3 Å². The second-order valence-electron chi connectivity index (χ2n) is 4.62. The molecule has 0 spiro atoms. The monoisotopic (exact) mass is 306 g/mol. The third-order valence-corrected chi connectivity index (χ3v) is 4.15. The topological polar surface area (TPSA) is 42.0 Å². The maximum Gasteiger partial charge on any atom is 0.249 e. The first-order valence-corrected chi connectivity index (χ1v) is 7.64. The number of hydrogen-bond acceptors (Lipinski definition) is 3. The molecule has 3 rings (SSSR count). The van der Waals surface area contributed by atoms with Crippen molar-refractivity contribution in [2.75, 3.05) is 5.32 Å². The Morgan fingerprint density at radius 2 is 1.59 bits per heavy atom. The van der Waals surface area contributed by atoms with Gasteiger partial charge in [-0.05, 0) is 11.6 Å². The number of aromatic nitrogens is 1. The molecule has 22 heavy (non-hydrogen) atoms. The van der Waals surface area contributed by atoms with Gasteiger partial charge in [0.15, 0.2) is 5.13 Å². The van der Waals surface area contributed by atoms with Gasteiger partial charge in [-0.3, -0.25) is 10.1 Å². The Balaban J connectivity index is 2.10. The molecular weight excluding hydrogens is 292 g/mol. The van der Waals surface area contributed by atoms with Gasteiger partial charge in [-0.25, -0.2) is 4.98 Å². The molecule has 0 bridgehead atoms. The Morgan fingerprint density at radius 1 is 1.00 bits per heavy atom. The van der Waals surface area contributed by atoms with Crippen LogP contribution in [-0.4, -0.2) is 10.9 Å². The minimum atomic E-state index is -0.257. The summed E-state index contributed by atoms with van der Waals surface area (Å²) >= 11 is 1.46. The first-order chi connectivity index (χ1) is 10.8. The van der Waals surface area contributed by atoms with E-state index >= 15 is 0 Å². The van der Waals surface area contributed by atoms with Gasteiger partial charge < -0.3 is 0 Å². The molecule has 108 valence electrons. The van der Waals surface area contributed by atoms with Gasteiger partial charge in [-0.15, -0.1) is 0 Å². The number of thiazole rings is 1. The number of benzene rings is 2. The second kappa shape index (κ2) is 6.37. The van der Waals surface area contributed by atoms with Gasteiger partial charge in [0, 0.05) is 5.56 Å². The third kappa shape index (κ3) is 2.97. The summed E-state index contributed by atoms with van der Waals surface area (Å²) < 4.78 is 0. The zero-order valence-corrected chi connectivity index (χ0v) is 12.6. The van der Waals surface area contributed by atoms with E-state index in [1.54, 1.807) is 0 Å². The van der Waals surface area contributed by atoms with Crippen LogP contribution >= 0.6 is 11.3 Å². The molecule has 0 unspecified atom stereocenters. The molecule has 1 N–H and O–H groups in total. The van der Waals surface area contributed by atoms with Gasteiger partial charge in [-0.2, -0.15) is 0 Å². The highest BCUT2D eigenvalue weighted by Gasteiger charge is 2.15. The Hall–Kier alpha value is -2.72.